The van der Waals surface area contributed by atoms with E-state index in [1.165, 1.54) is 0 Å². The molecule has 2 rings (SSSR count). The molecule has 1 unspecified atom stereocenters. The minimum absolute atomic E-state index is 0.0640. The lowest BCUT2D eigenvalue weighted by atomic mass is 10.0. The van der Waals surface area contributed by atoms with Crippen molar-refractivity contribution in [1.29, 1.82) is 5.26 Å². The van der Waals surface area contributed by atoms with Crippen LogP contribution in [0.4, 0.5) is 0 Å². The normalized spacial score (nSPS) is 15.6. The van der Waals surface area contributed by atoms with Crippen LogP contribution in [-0.4, -0.2) is 23.4 Å². The summed E-state index contributed by atoms with van der Waals surface area (Å²) in [6.07, 6.45) is 2.81. The number of rotatable bonds is 6. The van der Waals surface area contributed by atoms with Gasteiger partial charge in [-0.3, -0.25) is 4.79 Å². The van der Waals surface area contributed by atoms with Crippen LogP contribution >= 0.6 is 0 Å². The van der Waals surface area contributed by atoms with E-state index < -0.39 is 0 Å². The predicted molar refractivity (Wildman–Crippen MR) is 73.0 cm³/mol. The van der Waals surface area contributed by atoms with Crippen LogP contribution in [0.3, 0.4) is 0 Å². The molecule has 1 saturated carbocycles. The van der Waals surface area contributed by atoms with Crippen LogP contribution < -0.4 is 5.73 Å². The lowest BCUT2D eigenvalue weighted by Crippen LogP contribution is -2.35. The Kier molecular flexibility index (Phi) is 4.53. The third kappa shape index (κ3) is 3.80. The monoisotopic (exact) mass is 257 g/mol. The highest BCUT2D eigenvalue weighted by Crippen LogP contribution is 2.28. The number of carbonyl (C=O) groups is 1. The van der Waals surface area contributed by atoms with Crippen molar-refractivity contribution < 1.29 is 4.79 Å². The molecule has 4 nitrogen and oxygen atoms in total. The third-order valence-electron chi connectivity index (χ3n) is 3.39. The van der Waals surface area contributed by atoms with Crippen molar-refractivity contribution in [2.24, 2.45) is 5.73 Å². The summed E-state index contributed by atoms with van der Waals surface area (Å²) >= 11 is 0. The number of amides is 1. The predicted octanol–water partition coefficient (Wildman–Crippen LogP) is 1.98. The van der Waals surface area contributed by atoms with E-state index in [4.69, 9.17) is 11.0 Å². The third-order valence-corrected chi connectivity index (χ3v) is 3.39. The van der Waals surface area contributed by atoms with Crippen molar-refractivity contribution in [2.75, 3.05) is 6.54 Å². The van der Waals surface area contributed by atoms with Crippen molar-refractivity contribution in [1.82, 2.24) is 4.90 Å². The lowest BCUT2D eigenvalue weighted by Gasteiger charge is -2.23. The molecule has 1 aliphatic rings. The maximum atomic E-state index is 12.3. The summed E-state index contributed by atoms with van der Waals surface area (Å²) in [5.41, 5.74) is 7.05. The van der Waals surface area contributed by atoms with Gasteiger partial charge in [-0.25, -0.2) is 0 Å². The number of nitrogens with zero attached hydrogens (tertiary/aromatic N) is 2. The minimum Gasteiger partial charge on any atom is -0.339 e. The molecule has 0 saturated heterocycles. The molecule has 100 valence electrons. The van der Waals surface area contributed by atoms with Gasteiger partial charge in [0.25, 0.3) is 0 Å². The van der Waals surface area contributed by atoms with Gasteiger partial charge in [0.15, 0.2) is 0 Å². The molecular weight excluding hydrogens is 238 g/mol. The van der Waals surface area contributed by atoms with E-state index in [1.54, 1.807) is 0 Å². The van der Waals surface area contributed by atoms with E-state index in [2.05, 4.69) is 6.07 Å². The Labute approximate surface area is 113 Å². The Bertz CT molecular complexity index is 462. The number of hydrogen-bond acceptors (Lipinski definition) is 3. The van der Waals surface area contributed by atoms with Crippen LogP contribution in [0.15, 0.2) is 30.3 Å². The number of carbonyl (C=O) groups excluding carboxylic acids is 1. The first-order valence-electron chi connectivity index (χ1n) is 6.69. The first-order chi connectivity index (χ1) is 9.22. The first kappa shape index (κ1) is 13.6. The molecule has 19 heavy (non-hydrogen) atoms. The van der Waals surface area contributed by atoms with Gasteiger partial charge in [-0.2, -0.15) is 5.26 Å². The van der Waals surface area contributed by atoms with Gasteiger partial charge in [0.2, 0.25) is 5.91 Å². The van der Waals surface area contributed by atoms with E-state index in [-0.39, 0.29) is 11.9 Å². The molecule has 1 fully saturated rings. The van der Waals surface area contributed by atoms with Crippen LogP contribution in [-0.2, 0) is 4.79 Å². The van der Waals surface area contributed by atoms with Crippen molar-refractivity contribution in [3.8, 4) is 6.07 Å². The van der Waals surface area contributed by atoms with Crippen molar-refractivity contribution in [3.63, 3.8) is 0 Å². The molecule has 1 atom stereocenters. The number of benzene rings is 1. The fraction of sp³-hybridized carbons (Fsp3) is 0.467. The summed E-state index contributed by atoms with van der Waals surface area (Å²) in [6.45, 7) is 0.529. The van der Waals surface area contributed by atoms with E-state index in [1.807, 2.05) is 35.2 Å². The summed E-state index contributed by atoms with van der Waals surface area (Å²) in [5.74, 6) is 0.0640. The van der Waals surface area contributed by atoms with Crippen LogP contribution in [0.5, 0.6) is 0 Å². The zero-order valence-corrected chi connectivity index (χ0v) is 11.0. The Morgan fingerprint density at radius 1 is 1.42 bits per heavy atom. The molecule has 2 N–H and O–H groups in total. The van der Waals surface area contributed by atoms with Crippen LogP contribution in [0.25, 0.3) is 0 Å². The van der Waals surface area contributed by atoms with Crippen LogP contribution in [0.1, 0.15) is 37.3 Å². The Hall–Kier alpha value is -1.86. The average Bonchev–Trinajstić information content (AvgIpc) is 3.25. The summed E-state index contributed by atoms with van der Waals surface area (Å²) < 4.78 is 0. The molecule has 1 aromatic carbocycles. The maximum Gasteiger partial charge on any atom is 0.224 e. The molecule has 0 aromatic heterocycles. The van der Waals surface area contributed by atoms with Crippen molar-refractivity contribution in [2.45, 2.75) is 37.8 Å². The second kappa shape index (κ2) is 6.35. The highest BCUT2D eigenvalue weighted by atomic mass is 16.2. The van der Waals surface area contributed by atoms with Gasteiger partial charge in [-0.15, -0.1) is 0 Å². The smallest absolute Gasteiger partial charge is 0.224 e. The molecule has 1 amide bonds. The van der Waals surface area contributed by atoms with Gasteiger partial charge in [0.1, 0.15) is 0 Å². The molecule has 0 heterocycles. The van der Waals surface area contributed by atoms with Gasteiger partial charge in [0.05, 0.1) is 12.5 Å². The molecule has 0 bridgehead atoms. The summed E-state index contributed by atoms with van der Waals surface area (Å²) in [5, 5.41) is 8.65. The topological polar surface area (TPSA) is 70.1 Å². The number of nitriles is 1. The molecule has 0 aliphatic heterocycles. The van der Waals surface area contributed by atoms with Crippen LogP contribution in [0.2, 0.25) is 0 Å². The van der Waals surface area contributed by atoms with Gasteiger partial charge < -0.3 is 10.6 Å². The van der Waals surface area contributed by atoms with E-state index in [0.29, 0.717) is 25.4 Å². The minimum atomic E-state index is -0.267. The van der Waals surface area contributed by atoms with Gasteiger partial charge in [0, 0.05) is 25.0 Å². The lowest BCUT2D eigenvalue weighted by molar-refractivity contribution is -0.132. The maximum absolute atomic E-state index is 12.3. The van der Waals surface area contributed by atoms with Crippen LogP contribution in [0, 0.1) is 11.3 Å². The number of nitrogens with two attached hydrogens (primary N) is 1. The Balaban J connectivity index is 1.93. The fourth-order valence-electron chi connectivity index (χ4n) is 2.19. The molecule has 0 spiro atoms. The molecular formula is C15H19N3O. The molecule has 1 aliphatic carbocycles. The zero-order valence-electron chi connectivity index (χ0n) is 11.0. The first-order valence-corrected chi connectivity index (χ1v) is 6.69. The number of hydrogen-bond donors (Lipinski definition) is 1. The fourth-order valence-corrected chi connectivity index (χ4v) is 2.19. The summed E-state index contributed by atoms with van der Waals surface area (Å²) in [7, 11) is 0. The van der Waals surface area contributed by atoms with E-state index in [0.717, 1.165) is 18.4 Å². The summed E-state index contributed by atoms with van der Waals surface area (Å²) in [4.78, 5) is 14.1. The Morgan fingerprint density at radius 3 is 2.68 bits per heavy atom. The van der Waals surface area contributed by atoms with Gasteiger partial charge >= 0.3 is 0 Å². The molecule has 4 heteroatoms. The second-order valence-electron chi connectivity index (χ2n) is 4.95. The highest BCUT2D eigenvalue weighted by molar-refractivity contribution is 5.77. The standard InChI is InChI=1S/C15H19N3O/c16-9-4-10-18(13-7-8-13)15(19)11-14(17)12-5-2-1-3-6-12/h1-3,5-6,13-14H,4,7-8,10-11,17H2. The average molecular weight is 257 g/mol. The summed E-state index contributed by atoms with van der Waals surface area (Å²) in [6, 6.07) is 11.8. The SMILES string of the molecule is N#CCCN(C(=O)CC(N)c1ccccc1)C1CC1. The highest BCUT2D eigenvalue weighted by Gasteiger charge is 2.32. The second-order valence-corrected chi connectivity index (χ2v) is 4.95. The largest absolute Gasteiger partial charge is 0.339 e. The van der Waals surface area contributed by atoms with Gasteiger partial charge in [-0.05, 0) is 18.4 Å². The zero-order chi connectivity index (χ0) is 13.7. The van der Waals surface area contributed by atoms with Crippen molar-refractivity contribution in [3.05, 3.63) is 35.9 Å². The molecule has 1 aromatic rings. The van der Waals surface area contributed by atoms with E-state index in [9.17, 15) is 4.79 Å². The van der Waals surface area contributed by atoms with E-state index >= 15 is 0 Å². The molecule has 0 radical (unpaired) electrons. The van der Waals surface area contributed by atoms with Crippen molar-refractivity contribution >= 4 is 5.91 Å². The Morgan fingerprint density at radius 2 is 2.11 bits per heavy atom. The van der Waals surface area contributed by atoms with Gasteiger partial charge in [-0.1, -0.05) is 30.3 Å². The quantitative estimate of drug-likeness (QED) is 0.847.